The van der Waals surface area contributed by atoms with Gasteiger partial charge in [0.2, 0.25) is 0 Å². The van der Waals surface area contributed by atoms with Gasteiger partial charge in [-0.2, -0.15) is 0 Å². The van der Waals surface area contributed by atoms with Crippen LogP contribution in [-0.2, 0) is 5.24 Å². The van der Waals surface area contributed by atoms with E-state index in [1.165, 1.54) is 0 Å². The van der Waals surface area contributed by atoms with Gasteiger partial charge in [0.15, 0.2) is 0 Å². The van der Waals surface area contributed by atoms with Crippen LogP contribution in [0.25, 0.3) is 22.2 Å². The van der Waals surface area contributed by atoms with Crippen molar-refractivity contribution >= 4 is 57.2 Å². The average Bonchev–Trinajstić information content (AvgIpc) is 2.90. The number of fused-ring (bicyclic) bond motifs is 1. The molecule has 3 aromatic heterocycles. The molecule has 0 fully saturated rings. The van der Waals surface area contributed by atoms with Crippen molar-refractivity contribution in [3.63, 3.8) is 0 Å². The van der Waals surface area contributed by atoms with Crippen LogP contribution in [0.5, 0.6) is 0 Å². The lowest BCUT2D eigenvalue weighted by Gasteiger charge is -2.23. The molecule has 0 saturated carbocycles. The molecule has 4 nitrogen and oxygen atoms in total. The number of hydrogen-bond donors (Lipinski definition) is 0. The summed E-state index contributed by atoms with van der Waals surface area (Å²) < 4.78 is 7.73. The number of rotatable bonds is 2. The van der Waals surface area contributed by atoms with Crippen LogP contribution in [-0.4, -0.2) is 38.2 Å². The van der Waals surface area contributed by atoms with Crippen molar-refractivity contribution in [1.82, 2.24) is 14.7 Å². The zero-order chi connectivity index (χ0) is 15.4. The Labute approximate surface area is 140 Å². The van der Waals surface area contributed by atoms with Crippen molar-refractivity contribution < 1.29 is 4.52 Å². The first-order valence-corrected chi connectivity index (χ1v) is 7.34. The fourth-order valence-corrected chi connectivity index (χ4v) is 3.07. The zero-order valence-corrected chi connectivity index (χ0v) is 13.7. The Morgan fingerprint density at radius 2 is 2.00 bits per heavy atom. The second kappa shape index (κ2) is 4.93. The number of nitrogens with zero attached hydrogens (tertiary/aromatic N) is 3. The van der Waals surface area contributed by atoms with Crippen molar-refractivity contribution in [3.05, 3.63) is 33.5 Å². The van der Waals surface area contributed by atoms with Crippen LogP contribution in [0.1, 0.15) is 11.5 Å². The molecule has 98 valence electrons. The van der Waals surface area contributed by atoms with Crippen molar-refractivity contribution in [2.75, 3.05) is 0 Å². The van der Waals surface area contributed by atoms with Gasteiger partial charge < -0.3 is 9.09 Å². The smallest absolute Gasteiger partial charge is 0.141 e. The molecule has 0 aromatic carbocycles. The Morgan fingerprint density at radius 3 is 2.57 bits per heavy atom. The molecule has 0 unspecified atom stereocenters. The first-order valence-electron chi connectivity index (χ1n) is 6.26. The molecular weight excluding hydrogens is 374 g/mol. The summed E-state index contributed by atoms with van der Waals surface area (Å²) in [6, 6.07) is 2.01. The van der Waals surface area contributed by atoms with Gasteiger partial charge >= 0.3 is 0 Å². The lowest BCUT2D eigenvalue weighted by Crippen LogP contribution is -2.34. The number of aromatic nitrogens is 3. The van der Waals surface area contributed by atoms with E-state index in [9.17, 15) is 0 Å². The molecule has 3 heterocycles. The maximum atomic E-state index is 5.77. The van der Waals surface area contributed by atoms with Crippen molar-refractivity contribution in [3.8, 4) is 11.1 Å². The first-order chi connectivity index (χ1) is 9.79. The summed E-state index contributed by atoms with van der Waals surface area (Å²) in [5.41, 5.74) is 3.36. The highest BCUT2D eigenvalue weighted by atomic mass is 127. The Kier molecular flexibility index (Phi) is 3.46. The van der Waals surface area contributed by atoms with E-state index in [2.05, 4.69) is 32.7 Å². The van der Waals surface area contributed by atoms with E-state index in [0.717, 1.165) is 31.5 Å². The van der Waals surface area contributed by atoms with Crippen molar-refractivity contribution in [2.24, 2.45) is 0 Å². The Balaban J connectivity index is 2.25. The van der Waals surface area contributed by atoms with Crippen LogP contribution in [0.3, 0.4) is 0 Å². The quantitative estimate of drug-likeness (QED) is 0.503. The fraction of sp³-hybridized carbons (Fsp3) is 0.231. The highest BCUT2D eigenvalue weighted by Crippen LogP contribution is 2.31. The Hall–Kier alpha value is -1.18. The maximum Gasteiger partial charge on any atom is 0.141 e. The summed E-state index contributed by atoms with van der Waals surface area (Å²) in [6.45, 7) is 3.77. The van der Waals surface area contributed by atoms with Gasteiger partial charge in [-0.25, -0.2) is 4.98 Å². The third-order valence-corrected chi connectivity index (χ3v) is 4.19. The number of hydrogen-bond acceptors (Lipinski definition) is 3. The van der Waals surface area contributed by atoms with E-state index in [4.69, 9.17) is 28.1 Å². The molecular formula is C13H9B3IN3O. The van der Waals surface area contributed by atoms with Gasteiger partial charge in [0.25, 0.3) is 0 Å². The van der Waals surface area contributed by atoms with E-state index >= 15 is 0 Å². The second-order valence-electron chi connectivity index (χ2n) is 5.03. The van der Waals surface area contributed by atoms with Gasteiger partial charge in [-0.15, -0.1) is 0 Å². The molecule has 0 bridgehead atoms. The first kappa shape index (κ1) is 14.7. The minimum absolute atomic E-state index is 0.641. The molecule has 0 aliphatic rings. The highest BCUT2D eigenvalue weighted by molar-refractivity contribution is 14.1. The van der Waals surface area contributed by atoms with Crippen LogP contribution in [0.2, 0.25) is 0 Å². The van der Waals surface area contributed by atoms with E-state index < -0.39 is 5.24 Å². The van der Waals surface area contributed by atoms with Gasteiger partial charge in [-0.05, 0) is 42.5 Å². The third kappa shape index (κ3) is 2.43. The van der Waals surface area contributed by atoms with E-state index in [1.807, 2.05) is 19.9 Å². The normalized spacial score (nSPS) is 12.1. The van der Waals surface area contributed by atoms with Gasteiger partial charge in [-0.3, -0.25) is 0 Å². The molecule has 0 N–H and O–H groups in total. The SMILES string of the molecule is [B]C([B])([B])n1cc(I)c2cc(-c3c(C)noc3C)cnc21. The summed E-state index contributed by atoms with van der Waals surface area (Å²) in [7, 11) is 17.3. The van der Waals surface area contributed by atoms with Gasteiger partial charge in [0.05, 0.1) is 29.2 Å². The summed E-state index contributed by atoms with van der Waals surface area (Å²) in [4.78, 5) is 4.46. The lowest BCUT2D eigenvalue weighted by molar-refractivity contribution is 0.393. The van der Waals surface area contributed by atoms with Crippen LogP contribution < -0.4 is 0 Å². The molecule has 6 radical (unpaired) electrons. The number of halogens is 1. The topological polar surface area (TPSA) is 43.9 Å². The predicted octanol–water partition coefficient (Wildman–Crippen LogP) is 1.99. The van der Waals surface area contributed by atoms with Gasteiger partial charge in [-0.1, -0.05) is 10.4 Å². The van der Waals surface area contributed by atoms with E-state index in [0.29, 0.717) is 5.65 Å². The number of aryl methyl sites for hydroxylation is 2. The molecule has 0 saturated heterocycles. The van der Waals surface area contributed by atoms with Crippen LogP contribution >= 0.6 is 22.6 Å². The van der Waals surface area contributed by atoms with E-state index in [1.54, 1.807) is 17.0 Å². The van der Waals surface area contributed by atoms with Crippen molar-refractivity contribution in [1.29, 1.82) is 0 Å². The third-order valence-electron chi connectivity index (χ3n) is 3.33. The maximum absolute atomic E-state index is 5.77. The van der Waals surface area contributed by atoms with Crippen LogP contribution in [0, 0.1) is 17.4 Å². The second-order valence-corrected chi connectivity index (χ2v) is 6.19. The molecule has 21 heavy (non-hydrogen) atoms. The van der Waals surface area contributed by atoms with Crippen molar-refractivity contribution in [2.45, 2.75) is 19.1 Å². The monoisotopic (exact) mass is 383 g/mol. The number of pyridine rings is 1. The summed E-state index contributed by atoms with van der Waals surface area (Å²) >= 11 is 2.20. The molecule has 0 spiro atoms. The molecule has 0 aliphatic heterocycles. The van der Waals surface area contributed by atoms with Crippen LogP contribution in [0.4, 0.5) is 0 Å². The minimum Gasteiger partial charge on any atom is -0.361 e. The van der Waals surface area contributed by atoms with Crippen LogP contribution in [0.15, 0.2) is 23.0 Å². The molecule has 3 rings (SSSR count). The highest BCUT2D eigenvalue weighted by Gasteiger charge is 2.19. The minimum atomic E-state index is -1.49. The fourth-order valence-electron chi connectivity index (χ4n) is 2.40. The summed E-state index contributed by atoms with van der Waals surface area (Å²) in [5.74, 6) is 0.758. The Morgan fingerprint density at radius 1 is 1.29 bits per heavy atom. The lowest BCUT2D eigenvalue weighted by atomic mass is 9.49. The molecule has 8 heteroatoms. The summed E-state index contributed by atoms with van der Waals surface area (Å²) in [6.07, 6.45) is 3.53. The standard InChI is InChI=1S/C13H9B3IN3O/c1-6-11(7(2)21-19-6)8-3-9-10(17)5-20(13(14,15)16)12(9)18-4-8/h3-5H,1-2H3. The van der Waals surface area contributed by atoms with E-state index in [-0.39, 0.29) is 0 Å². The largest absolute Gasteiger partial charge is 0.361 e. The molecule has 0 atom stereocenters. The Bertz CT molecular complexity index is 816. The zero-order valence-electron chi connectivity index (χ0n) is 11.6. The van der Waals surface area contributed by atoms with Gasteiger partial charge in [0.1, 0.15) is 11.4 Å². The molecule has 0 amide bonds. The molecule has 0 aliphatic carbocycles. The average molecular weight is 383 g/mol. The summed E-state index contributed by atoms with van der Waals surface area (Å²) in [5, 5.41) is 3.41. The predicted molar refractivity (Wildman–Crippen MR) is 92.7 cm³/mol. The van der Waals surface area contributed by atoms with Gasteiger partial charge in [0, 0.05) is 32.5 Å². The molecule has 3 aromatic rings.